The third-order valence-electron chi connectivity index (χ3n) is 5.73. The zero-order chi connectivity index (χ0) is 23.0. The zero-order valence-corrected chi connectivity index (χ0v) is 19.2. The van der Waals surface area contributed by atoms with Crippen LogP contribution >= 0.6 is 0 Å². The molecule has 0 amide bonds. The molecule has 33 heavy (non-hydrogen) atoms. The van der Waals surface area contributed by atoms with E-state index in [4.69, 9.17) is 18.9 Å². The fourth-order valence-electron chi connectivity index (χ4n) is 4.18. The molecule has 0 saturated heterocycles. The van der Waals surface area contributed by atoms with Gasteiger partial charge >= 0.3 is 0 Å². The summed E-state index contributed by atoms with van der Waals surface area (Å²) < 4.78 is 36.8. The lowest BCUT2D eigenvalue weighted by Crippen LogP contribution is -2.28. The van der Waals surface area contributed by atoms with E-state index in [1.54, 1.807) is 26.4 Å². The van der Waals surface area contributed by atoms with Crippen LogP contribution in [0.5, 0.6) is 17.2 Å². The second-order valence-corrected chi connectivity index (χ2v) is 8.07. The summed E-state index contributed by atoms with van der Waals surface area (Å²) >= 11 is 0. The molecule has 0 saturated carbocycles. The molecule has 0 fully saturated rings. The fraction of sp³-hybridized carbons (Fsp3) is 0.333. The van der Waals surface area contributed by atoms with Crippen LogP contribution < -0.4 is 14.2 Å². The Labute approximate surface area is 194 Å². The molecule has 0 N–H and O–H groups in total. The molecule has 0 spiro atoms. The van der Waals surface area contributed by atoms with Crippen molar-refractivity contribution in [1.29, 1.82) is 0 Å². The van der Waals surface area contributed by atoms with Crippen LogP contribution in [0.1, 0.15) is 22.3 Å². The van der Waals surface area contributed by atoms with Gasteiger partial charge in [-0.2, -0.15) is 0 Å². The summed E-state index contributed by atoms with van der Waals surface area (Å²) in [6.45, 7) is 3.67. The SMILES string of the molecule is COc1cccc(CN2CCOCCOc3ccc(F)cc3Cc3cccc(c3)C2)c1OC. The van der Waals surface area contributed by atoms with Gasteiger partial charge in [0, 0.05) is 37.2 Å². The van der Waals surface area contributed by atoms with Gasteiger partial charge in [0.25, 0.3) is 0 Å². The van der Waals surface area contributed by atoms with Crippen molar-refractivity contribution in [1.82, 2.24) is 4.90 Å². The monoisotopic (exact) mass is 451 g/mol. The highest BCUT2D eigenvalue weighted by Gasteiger charge is 2.15. The first-order valence-electron chi connectivity index (χ1n) is 11.2. The number of hydrogen-bond donors (Lipinski definition) is 0. The largest absolute Gasteiger partial charge is 0.493 e. The van der Waals surface area contributed by atoms with Crippen molar-refractivity contribution in [2.45, 2.75) is 19.5 Å². The number of halogens is 1. The first-order valence-corrected chi connectivity index (χ1v) is 11.2. The number of fused-ring (bicyclic) bond motifs is 3. The van der Waals surface area contributed by atoms with Crippen LogP contribution in [0, 0.1) is 5.82 Å². The van der Waals surface area contributed by atoms with Gasteiger partial charge in [0.1, 0.15) is 18.2 Å². The van der Waals surface area contributed by atoms with Crippen LogP contribution in [-0.4, -0.2) is 45.5 Å². The van der Waals surface area contributed by atoms with E-state index >= 15 is 0 Å². The van der Waals surface area contributed by atoms with Crippen molar-refractivity contribution in [3.8, 4) is 17.2 Å². The Balaban J connectivity index is 1.60. The van der Waals surface area contributed by atoms with E-state index in [9.17, 15) is 4.39 Å². The number of ether oxygens (including phenoxy) is 4. The van der Waals surface area contributed by atoms with E-state index in [1.807, 2.05) is 12.1 Å². The Bertz CT molecular complexity index is 1070. The van der Waals surface area contributed by atoms with Gasteiger partial charge in [0.2, 0.25) is 0 Å². The van der Waals surface area contributed by atoms with Crippen molar-refractivity contribution < 1.29 is 23.3 Å². The molecule has 1 heterocycles. The lowest BCUT2D eigenvalue weighted by Gasteiger charge is -2.24. The maximum Gasteiger partial charge on any atom is 0.165 e. The number of nitrogens with zero attached hydrogens (tertiary/aromatic N) is 1. The Morgan fingerprint density at radius 2 is 1.76 bits per heavy atom. The summed E-state index contributed by atoms with van der Waals surface area (Å²) in [6.07, 6.45) is 0.603. The van der Waals surface area contributed by atoms with E-state index in [0.717, 1.165) is 41.3 Å². The highest BCUT2D eigenvalue weighted by Crippen LogP contribution is 2.32. The second-order valence-electron chi connectivity index (χ2n) is 8.07. The minimum absolute atomic E-state index is 0.260. The Morgan fingerprint density at radius 1 is 0.909 bits per heavy atom. The standard InChI is InChI=1S/C27H30FNO4/c1-30-26-8-4-7-22(27(26)31-2)19-29-11-12-32-13-14-33-25-10-9-24(28)17-23(25)16-20-5-3-6-21(15-20)18-29/h3-10,15,17H,11-14,16,18-19H2,1-2H3. The van der Waals surface area contributed by atoms with Crippen LogP contribution in [0.3, 0.4) is 0 Å². The van der Waals surface area contributed by atoms with Crippen molar-refractivity contribution in [3.63, 3.8) is 0 Å². The first kappa shape index (κ1) is 23.1. The molecule has 3 aromatic rings. The quantitative estimate of drug-likeness (QED) is 0.568. The second kappa shape index (κ2) is 11.2. The smallest absolute Gasteiger partial charge is 0.165 e. The lowest BCUT2D eigenvalue weighted by atomic mass is 10.0. The molecule has 6 heteroatoms. The van der Waals surface area contributed by atoms with E-state index in [-0.39, 0.29) is 5.82 Å². The number of para-hydroxylation sites is 1. The molecular formula is C27H30FNO4. The van der Waals surface area contributed by atoms with Gasteiger partial charge in [-0.15, -0.1) is 0 Å². The number of methoxy groups -OCH3 is 2. The molecule has 0 aromatic heterocycles. The molecule has 0 unspecified atom stereocenters. The molecule has 1 aliphatic heterocycles. The molecule has 2 bridgehead atoms. The van der Waals surface area contributed by atoms with Crippen LogP contribution in [-0.2, 0) is 24.2 Å². The van der Waals surface area contributed by atoms with Crippen LogP contribution in [0.15, 0.2) is 60.7 Å². The molecule has 1 aliphatic rings. The van der Waals surface area contributed by atoms with Gasteiger partial charge < -0.3 is 18.9 Å². The van der Waals surface area contributed by atoms with Gasteiger partial charge in [-0.05, 0) is 35.4 Å². The molecule has 0 atom stereocenters. The zero-order valence-electron chi connectivity index (χ0n) is 19.2. The van der Waals surface area contributed by atoms with E-state index < -0.39 is 0 Å². The van der Waals surface area contributed by atoms with Crippen molar-refractivity contribution in [2.75, 3.05) is 40.6 Å². The summed E-state index contributed by atoms with van der Waals surface area (Å²) in [7, 11) is 3.31. The van der Waals surface area contributed by atoms with Crippen molar-refractivity contribution >= 4 is 0 Å². The average molecular weight is 452 g/mol. The third kappa shape index (κ3) is 6.03. The highest BCUT2D eigenvalue weighted by molar-refractivity contribution is 5.46. The highest BCUT2D eigenvalue weighted by atomic mass is 19.1. The molecule has 0 aliphatic carbocycles. The topological polar surface area (TPSA) is 40.2 Å². The molecule has 3 aromatic carbocycles. The van der Waals surface area contributed by atoms with Crippen LogP contribution in [0.2, 0.25) is 0 Å². The minimum Gasteiger partial charge on any atom is -0.493 e. The summed E-state index contributed by atoms with van der Waals surface area (Å²) in [5.41, 5.74) is 4.20. The molecular weight excluding hydrogens is 421 g/mol. The Morgan fingerprint density at radius 3 is 2.61 bits per heavy atom. The summed E-state index contributed by atoms with van der Waals surface area (Å²) in [5, 5.41) is 0. The van der Waals surface area contributed by atoms with E-state index in [0.29, 0.717) is 38.5 Å². The average Bonchev–Trinajstić information content (AvgIpc) is 2.82. The third-order valence-corrected chi connectivity index (χ3v) is 5.73. The number of hydrogen-bond acceptors (Lipinski definition) is 5. The molecule has 174 valence electrons. The van der Waals surface area contributed by atoms with Crippen LogP contribution in [0.4, 0.5) is 4.39 Å². The number of benzene rings is 3. The maximum absolute atomic E-state index is 13.9. The minimum atomic E-state index is -0.260. The van der Waals surface area contributed by atoms with E-state index in [1.165, 1.54) is 11.6 Å². The lowest BCUT2D eigenvalue weighted by molar-refractivity contribution is 0.0755. The van der Waals surface area contributed by atoms with Crippen molar-refractivity contribution in [3.05, 3.63) is 88.7 Å². The maximum atomic E-state index is 13.9. The summed E-state index contributed by atoms with van der Waals surface area (Å²) in [6, 6.07) is 19.0. The van der Waals surface area contributed by atoms with Gasteiger partial charge in [0.05, 0.1) is 27.4 Å². The Kier molecular flexibility index (Phi) is 7.81. The number of rotatable bonds is 4. The normalized spacial score (nSPS) is 15.1. The Hall–Kier alpha value is -3.09. The van der Waals surface area contributed by atoms with Gasteiger partial charge in [-0.25, -0.2) is 4.39 Å². The van der Waals surface area contributed by atoms with Crippen molar-refractivity contribution in [2.24, 2.45) is 0 Å². The summed E-state index contributed by atoms with van der Waals surface area (Å²) in [4.78, 5) is 2.33. The van der Waals surface area contributed by atoms with Crippen LogP contribution in [0.25, 0.3) is 0 Å². The molecule has 5 nitrogen and oxygen atoms in total. The molecule has 0 radical (unpaired) electrons. The molecule has 4 rings (SSSR count). The van der Waals surface area contributed by atoms with Gasteiger partial charge in [0.15, 0.2) is 11.5 Å². The van der Waals surface area contributed by atoms with E-state index in [2.05, 4.69) is 35.2 Å². The summed E-state index contributed by atoms with van der Waals surface area (Å²) in [5.74, 6) is 1.91. The fourth-order valence-corrected chi connectivity index (χ4v) is 4.18. The predicted octanol–water partition coefficient (Wildman–Crippen LogP) is 4.84. The van der Waals surface area contributed by atoms with Gasteiger partial charge in [-0.3, -0.25) is 4.90 Å². The predicted molar refractivity (Wildman–Crippen MR) is 126 cm³/mol. The van der Waals surface area contributed by atoms with Gasteiger partial charge in [-0.1, -0.05) is 36.4 Å². The first-order chi connectivity index (χ1) is 16.2.